The van der Waals surface area contributed by atoms with Crippen molar-refractivity contribution in [3.8, 4) is 0 Å². The highest BCUT2D eigenvalue weighted by molar-refractivity contribution is 6.42. The number of nitrogens with zero attached hydrogens (tertiary/aromatic N) is 3. The molecule has 1 aliphatic rings. The third-order valence-electron chi connectivity index (χ3n) is 3.99. The highest BCUT2D eigenvalue weighted by atomic mass is 16.2. The molecule has 2 aromatic rings. The lowest BCUT2D eigenvalue weighted by Gasteiger charge is -2.31. The van der Waals surface area contributed by atoms with Crippen LogP contribution in [0.5, 0.6) is 0 Å². The van der Waals surface area contributed by atoms with E-state index in [4.69, 9.17) is 0 Å². The van der Waals surface area contributed by atoms with E-state index in [0.29, 0.717) is 18.8 Å². The number of carbonyl (C=O) groups is 2. The number of hydrogen-bond donors (Lipinski definition) is 1. The number of aryl methyl sites for hydroxylation is 1. The summed E-state index contributed by atoms with van der Waals surface area (Å²) in [7, 11) is 1.77. The van der Waals surface area contributed by atoms with E-state index in [2.05, 4.69) is 9.97 Å². The summed E-state index contributed by atoms with van der Waals surface area (Å²) in [6.07, 6.45) is 7.13. The number of aromatic nitrogens is 3. The Kier molecular flexibility index (Phi) is 3.60. The van der Waals surface area contributed by atoms with Crippen molar-refractivity contribution in [3.05, 3.63) is 42.2 Å². The zero-order valence-corrected chi connectivity index (χ0v) is 12.0. The molecule has 6 heteroatoms. The second-order valence-corrected chi connectivity index (χ2v) is 5.40. The summed E-state index contributed by atoms with van der Waals surface area (Å²) in [5.41, 5.74) is 0.431. The number of likely N-dealkylation sites (tertiary alicyclic amines) is 1. The highest BCUT2D eigenvalue weighted by Crippen LogP contribution is 2.24. The van der Waals surface area contributed by atoms with E-state index in [9.17, 15) is 9.59 Å². The fourth-order valence-corrected chi connectivity index (χ4v) is 2.84. The number of hydrogen-bond acceptors (Lipinski definition) is 3. The minimum atomic E-state index is -0.442. The summed E-state index contributed by atoms with van der Waals surface area (Å²) < 4.78 is 1.67. The summed E-state index contributed by atoms with van der Waals surface area (Å²) in [6, 6.07) is 3.44. The number of Topliss-reactive ketones (excluding diaryl/α,β-unsaturated/α-hetero) is 1. The van der Waals surface area contributed by atoms with Crippen molar-refractivity contribution in [3.63, 3.8) is 0 Å². The van der Waals surface area contributed by atoms with Crippen LogP contribution < -0.4 is 0 Å². The molecule has 1 N–H and O–H groups in total. The summed E-state index contributed by atoms with van der Waals surface area (Å²) in [4.78, 5) is 33.7. The smallest absolute Gasteiger partial charge is 0.296 e. The number of carbonyl (C=O) groups excluding carboxylic acids is 2. The molecule has 1 fully saturated rings. The molecule has 2 aromatic heterocycles. The van der Waals surface area contributed by atoms with Crippen LogP contribution in [0.25, 0.3) is 0 Å². The van der Waals surface area contributed by atoms with E-state index in [1.807, 2.05) is 0 Å². The van der Waals surface area contributed by atoms with E-state index in [-0.39, 0.29) is 5.92 Å². The maximum Gasteiger partial charge on any atom is 0.296 e. The Bertz CT molecular complexity index is 644. The number of amides is 1. The van der Waals surface area contributed by atoms with Gasteiger partial charge in [-0.3, -0.25) is 9.59 Å². The molecule has 0 unspecified atom stereocenters. The van der Waals surface area contributed by atoms with Gasteiger partial charge in [-0.15, -0.1) is 0 Å². The van der Waals surface area contributed by atoms with Gasteiger partial charge in [0.1, 0.15) is 5.82 Å². The van der Waals surface area contributed by atoms with Gasteiger partial charge in [0.2, 0.25) is 0 Å². The first-order valence-corrected chi connectivity index (χ1v) is 7.11. The number of imidazole rings is 1. The number of piperidine rings is 1. The first-order valence-electron chi connectivity index (χ1n) is 7.11. The van der Waals surface area contributed by atoms with Gasteiger partial charge in [0.05, 0.1) is 5.69 Å². The number of rotatable bonds is 3. The van der Waals surface area contributed by atoms with E-state index in [1.165, 1.54) is 0 Å². The average molecular weight is 286 g/mol. The maximum absolute atomic E-state index is 12.4. The summed E-state index contributed by atoms with van der Waals surface area (Å²) in [6.45, 7) is 1.18. The Morgan fingerprint density at radius 2 is 2.29 bits per heavy atom. The minimum Gasteiger partial charge on any atom is -0.348 e. The number of nitrogens with one attached hydrogen (secondary N) is 1. The van der Waals surface area contributed by atoms with Crippen molar-refractivity contribution in [1.82, 2.24) is 19.4 Å². The normalized spacial score (nSPS) is 18.7. The topological polar surface area (TPSA) is 71.0 Å². The van der Waals surface area contributed by atoms with Crippen LogP contribution in [0.15, 0.2) is 30.7 Å². The van der Waals surface area contributed by atoms with Crippen LogP contribution in [0, 0.1) is 0 Å². The third-order valence-corrected chi connectivity index (χ3v) is 3.99. The molecule has 0 bridgehead atoms. The van der Waals surface area contributed by atoms with Gasteiger partial charge >= 0.3 is 0 Å². The number of H-pyrrole nitrogens is 1. The van der Waals surface area contributed by atoms with Crippen molar-refractivity contribution in [2.75, 3.05) is 13.1 Å². The van der Waals surface area contributed by atoms with Crippen LogP contribution in [0.4, 0.5) is 0 Å². The Hall–Kier alpha value is -2.37. The Labute approximate surface area is 122 Å². The van der Waals surface area contributed by atoms with Crippen LogP contribution >= 0.6 is 0 Å². The molecule has 21 heavy (non-hydrogen) atoms. The van der Waals surface area contributed by atoms with Crippen LogP contribution in [0.2, 0.25) is 0 Å². The van der Waals surface area contributed by atoms with Gasteiger partial charge in [0, 0.05) is 44.6 Å². The molecule has 1 atom stereocenters. The number of aromatic amines is 1. The molecule has 0 aromatic carbocycles. The SMILES string of the molecule is Cn1cccc1C(=O)C(=O)N1CCC[C@H](c2ncc[nH]2)C1. The summed E-state index contributed by atoms with van der Waals surface area (Å²) >= 11 is 0. The van der Waals surface area contributed by atoms with Gasteiger partial charge in [0.15, 0.2) is 0 Å². The number of ketones is 1. The van der Waals surface area contributed by atoms with Gasteiger partial charge in [-0.2, -0.15) is 0 Å². The first-order chi connectivity index (χ1) is 10.2. The Morgan fingerprint density at radius 3 is 2.95 bits per heavy atom. The molecular formula is C15H18N4O2. The molecule has 110 valence electrons. The van der Waals surface area contributed by atoms with Gasteiger partial charge in [-0.1, -0.05) is 0 Å². The fourth-order valence-electron chi connectivity index (χ4n) is 2.84. The van der Waals surface area contributed by atoms with Crippen molar-refractivity contribution in [2.24, 2.45) is 7.05 Å². The zero-order valence-electron chi connectivity index (χ0n) is 12.0. The fraction of sp³-hybridized carbons (Fsp3) is 0.400. The van der Waals surface area contributed by atoms with Gasteiger partial charge < -0.3 is 14.5 Å². The molecule has 3 heterocycles. The quantitative estimate of drug-likeness (QED) is 0.683. The molecule has 1 amide bonds. The van der Waals surface area contributed by atoms with Crippen LogP contribution in [0.3, 0.4) is 0 Å². The van der Waals surface area contributed by atoms with Crippen molar-refractivity contribution in [1.29, 1.82) is 0 Å². The largest absolute Gasteiger partial charge is 0.348 e. The first kappa shape index (κ1) is 13.6. The van der Waals surface area contributed by atoms with Crippen molar-refractivity contribution >= 4 is 11.7 Å². The molecule has 0 spiro atoms. The predicted octanol–water partition coefficient (Wildman–Crippen LogP) is 1.34. The Balaban J connectivity index is 1.73. The van der Waals surface area contributed by atoms with E-state index in [0.717, 1.165) is 18.7 Å². The molecule has 0 radical (unpaired) electrons. The predicted molar refractivity (Wildman–Crippen MR) is 76.9 cm³/mol. The standard InChI is InChI=1S/C15H18N4O2/c1-18-8-3-5-12(18)13(20)15(21)19-9-2-4-11(10-19)14-16-6-7-17-14/h3,5-8,11H,2,4,9-10H2,1H3,(H,16,17)/t11-/m0/s1. The Morgan fingerprint density at radius 1 is 1.43 bits per heavy atom. The molecule has 3 rings (SSSR count). The lowest BCUT2D eigenvalue weighted by atomic mass is 9.97. The van der Waals surface area contributed by atoms with Crippen molar-refractivity contribution in [2.45, 2.75) is 18.8 Å². The molecule has 0 aliphatic carbocycles. The van der Waals surface area contributed by atoms with Crippen LogP contribution in [-0.2, 0) is 11.8 Å². The lowest BCUT2D eigenvalue weighted by Crippen LogP contribution is -2.43. The van der Waals surface area contributed by atoms with E-state index in [1.54, 1.807) is 47.2 Å². The molecule has 0 saturated carbocycles. The van der Waals surface area contributed by atoms with E-state index < -0.39 is 11.7 Å². The van der Waals surface area contributed by atoms with E-state index >= 15 is 0 Å². The van der Waals surface area contributed by atoms with Gasteiger partial charge in [-0.05, 0) is 25.0 Å². The summed E-state index contributed by atoms with van der Waals surface area (Å²) in [5.74, 6) is 0.202. The van der Waals surface area contributed by atoms with Crippen LogP contribution in [-0.4, -0.2) is 44.2 Å². The molecule has 1 saturated heterocycles. The minimum absolute atomic E-state index is 0.180. The highest BCUT2D eigenvalue weighted by Gasteiger charge is 2.30. The molecular weight excluding hydrogens is 268 g/mol. The molecule has 1 aliphatic heterocycles. The monoisotopic (exact) mass is 286 g/mol. The van der Waals surface area contributed by atoms with Crippen LogP contribution in [0.1, 0.15) is 35.1 Å². The second kappa shape index (κ2) is 5.55. The second-order valence-electron chi connectivity index (χ2n) is 5.40. The zero-order chi connectivity index (χ0) is 14.8. The molecule has 6 nitrogen and oxygen atoms in total. The average Bonchev–Trinajstić information content (AvgIpc) is 3.17. The van der Waals surface area contributed by atoms with Gasteiger partial charge in [-0.25, -0.2) is 4.98 Å². The van der Waals surface area contributed by atoms with Gasteiger partial charge in [0.25, 0.3) is 11.7 Å². The van der Waals surface area contributed by atoms with Crippen molar-refractivity contribution < 1.29 is 9.59 Å². The third kappa shape index (κ3) is 2.61. The lowest BCUT2D eigenvalue weighted by molar-refractivity contribution is -0.127. The maximum atomic E-state index is 12.4. The summed E-state index contributed by atoms with van der Waals surface area (Å²) in [5, 5.41) is 0.